The van der Waals surface area contributed by atoms with Crippen LogP contribution in [0.1, 0.15) is 38.2 Å². The normalized spacial score (nSPS) is 15.3. The van der Waals surface area contributed by atoms with Crippen molar-refractivity contribution in [3.8, 4) is 0 Å². The van der Waals surface area contributed by atoms with E-state index in [0.717, 1.165) is 18.4 Å². The first-order chi connectivity index (χ1) is 12.9. The second-order valence-corrected chi connectivity index (χ2v) is 8.59. The molecule has 1 aliphatic carbocycles. The lowest BCUT2D eigenvalue weighted by Gasteiger charge is -2.16. The molecule has 0 bridgehead atoms. The van der Waals surface area contributed by atoms with Gasteiger partial charge in [-0.05, 0) is 55.2 Å². The summed E-state index contributed by atoms with van der Waals surface area (Å²) in [7, 11) is -3.61. The van der Waals surface area contributed by atoms with Crippen LogP contribution in [0.5, 0.6) is 0 Å². The third-order valence-electron chi connectivity index (χ3n) is 4.81. The van der Waals surface area contributed by atoms with Gasteiger partial charge in [0.25, 0.3) is 0 Å². The lowest BCUT2D eigenvalue weighted by atomic mass is 9.95. The zero-order valence-corrected chi connectivity index (χ0v) is 16.0. The third kappa shape index (κ3) is 4.36. The van der Waals surface area contributed by atoms with Gasteiger partial charge >= 0.3 is 0 Å². The van der Waals surface area contributed by atoms with Crippen LogP contribution in [0, 0.1) is 5.82 Å². The molecule has 0 saturated heterocycles. The predicted molar refractivity (Wildman–Crippen MR) is 102 cm³/mol. The fourth-order valence-corrected chi connectivity index (χ4v) is 4.12. The molecule has 2 aromatic carbocycles. The van der Waals surface area contributed by atoms with Crippen LogP contribution in [0.2, 0.25) is 0 Å². The molecule has 1 amide bonds. The van der Waals surface area contributed by atoms with Crippen LogP contribution in [0.15, 0.2) is 53.4 Å². The zero-order chi connectivity index (χ0) is 19.5. The quantitative estimate of drug-likeness (QED) is 0.677. The summed E-state index contributed by atoms with van der Waals surface area (Å²) in [6.45, 7) is 2.36. The Morgan fingerprint density at radius 1 is 1.15 bits per heavy atom. The summed E-state index contributed by atoms with van der Waals surface area (Å²) in [4.78, 5) is 12.9. The first kappa shape index (κ1) is 19.5. The van der Waals surface area contributed by atoms with Gasteiger partial charge in [-0.15, -0.1) is 0 Å². The first-order valence-electron chi connectivity index (χ1n) is 9.05. The van der Waals surface area contributed by atoms with E-state index in [4.69, 9.17) is 0 Å². The molecule has 144 valence electrons. The topological polar surface area (TPSA) is 75.3 Å². The summed E-state index contributed by atoms with van der Waals surface area (Å²) >= 11 is 0. The molecule has 0 aliphatic heterocycles. The largest absolute Gasteiger partial charge is 0.325 e. The van der Waals surface area contributed by atoms with Gasteiger partial charge in [-0.25, -0.2) is 17.5 Å². The summed E-state index contributed by atoms with van der Waals surface area (Å²) in [6.07, 6.45) is 3.02. The summed E-state index contributed by atoms with van der Waals surface area (Å²) in [6, 6.07) is 12.1. The average molecular weight is 390 g/mol. The van der Waals surface area contributed by atoms with Crippen molar-refractivity contribution in [2.24, 2.45) is 0 Å². The van der Waals surface area contributed by atoms with Crippen LogP contribution in [0.25, 0.3) is 0 Å². The van der Waals surface area contributed by atoms with E-state index < -0.39 is 15.4 Å². The van der Waals surface area contributed by atoms with Crippen molar-refractivity contribution in [3.63, 3.8) is 0 Å². The Labute approximate surface area is 159 Å². The minimum Gasteiger partial charge on any atom is -0.325 e. The molecule has 1 fully saturated rings. The summed E-state index contributed by atoms with van der Waals surface area (Å²) in [5, 5.41) is 2.81. The maximum atomic E-state index is 13.1. The highest BCUT2D eigenvalue weighted by molar-refractivity contribution is 7.89. The molecule has 0 atom stereocenters. The van der Waals surface area contributed by atoms with Gasteiger partial charge in [-0.1, -0.05) is 31.5 Å². The summed E-state index contributed by atoms with van der Waals surface area (Å²) < 4.78 is 40.4. The maximum absolute atomic E-state index is 13.1. The van der Waals surface area contributed by atoms with E-state index in [-0.39, 0.29) is 16.6 Å². The average Bonchev–Trinajstić information content (AvgIpc) is 3.45. The maximum Gasteiger partial charge on any atom is 0.240 e. The van der Waals surface area contributed by atoms with Crippen molar-refractivity contribution in [1.82, 2.24) is 4.72 Å². The highest BCUT2D eigenvalue weighted by atomic mass is 32.2. The third-order valence-corrected chi connectivity index (χ3v) is 6.26. The van der Waals surface area contributed by atoms with Crippen molar-refractivity contribution >= 4 is 21.6 Å². The Bertz CT molecular complexity index is 922. The number of anilines is 1. The van der Waals surface area contributed by atoms with E-state index in [9.17, 15) is 17.6 Å². The lowest BCUT2D eigenvalue weighted by Crippen LogP contribution is -2.28. The molecule has 1 aliphatic rings. The monoisotopic (exact) mass is 390 g/mol. The first-order valence-corrected chi connectivity index (χ1v) is 10.5. The van der Waals surface area contributed by atoms with Gasteiger partial charge in [0, 0.05) is 12.2 Å². The van der Waals surface area contributed by atoms with Crippen LogP contribution in [-0.4, -0.2) is 20.9 Å². The van der Waals surface area contributed by atoms with E-state index in [2.05, 4.69) is 10.0 Å². The smallest absolute Gasteiger partial charge is 0.240 e. The van der Waals surface area contributed by atoms with Crippen LogP contribution in [-0.2, 0) is 20.2 Å². The number of benzene rings is 2. The second-order valence-electron chi connectivity index (χ2n) is 6.82. The number of carbonyl (C=O) groups excluding carboxylic acids is 1. The number of rotatable bonds is 8. The molecule has 2 aromatic rings. The number of sulfonamides is 1. The fraction of sp³-hybridized carbons (Fsp3) is 0.350. The van der Waals surface area contributed by atoms with Gasteiger partial charge in [-0.2, -0.15) is 0 Å². The van der Waals surface area contributed by atoms with Gasteiger partial charge in [0.1, 0.15) is 5.82 Å². The minimum atomic E-state index is -3.61. The zero-order valence-electron chi connectivity index (χ0n) is 15.2. The van der Waals surface area contributed by atoms with Crippen molar-refractivity contribution in [3.05, 3.63) is 59.9 Å². The molecule has 7 heteroatoms. The predicted octanol–water partition coefficient (Wildman–Crippen LogP) is 3.57. The van der Waals surface area contributed by atoms with Gasteiger partial charge in [-0.3, -0.25) is 4.79 Å². The number of hydrogen-bond donors (Lipinski definition) is 2. The SMILES string of the molecule is CCCCNS(=O)(=O)c1cccc(NC(=O)C2(c3ccc(F)cc3)CC2)c1. The standard InChI is InChI=1S/C20H23FN2O3S/c1-2-3-13-22-27(25,26)18-6-4-5-17(14-18)23-19(24)20(11-12-20)15-7-9-16(21)10-8-15/h4-10,14,22H,2-3,11-13H2,1H3,(H,23,24). The Morgan fingerprint density at radius 2 is 1.85 bits per heavy atom. The molecular weight excluding hydrogens is 367 g/mol. The summed E-state index contributed by atoms with van der Waals surface area (Å²) in [5.74, 6) is -0.550. The fourth-order valence-electron chi connectivity index (χ4n) is 3.00. The van der Waals surface area contributed by atoms with Crippen molar-refractivity contribution in [2.75, 3.05) is 11.9 Å². The molecule has 0 heterocycles. The van der Waals surface area contributed by atoms with Crippen molar-refractivity contribution in [2.45, 2.75) is 42.9 Å². The molecular formula is C20H23FN2O3S. The van der Waals surface area contributed by atoms with Gasteiger partial charge < -0.3 is 5.32 Å². The number of nitrogens with one attached hydrogen (secondary N) is 2. The molecule has 3 rings (SSSR count). The molecule has 2 N–H and O–H groups in total. The van der Waals surface area contributed by atoms with Gasteiger partial charge in [0.2, 0.25) is 15.9 Å². The Balaban J connectivity index is 1.74. The van der Waals surface area contributed by atoms with Crippen LogP contribution < -0.4 is 10.0 Å². The highest BCUT2D eigenvalue weighted by Crippen LogP contribution is 2.49. The molecule has 27 heavy (non-hydrogen) atoms. The Kier molecular flexibility index (Phi) is 5.62. The molecule has 0 spiro atoms. The number of halogens is 1. The Hall–Kier alpha value is -2.25. The van der Waals surface area contributed by atoms with E-state index in [1.54, 1.807) is 24.3 Å². The molecule has 0 radical (unpaired) electrons. The second kappa shape index (κ2) is 7.78. The Morgan fingerprint density at radius 3 is 2.48 bits per heavy atom. The molecule has 0 unspecified atom stereocenters. The molecule has 5 nitrogen and oxygen atoms in total. The van der Waals surface area contributed by atoms with Crippen LogP contribution in [0.3, 0.4) is 0 Å². The van der Waals surface area contributed by atoms with Crippen molar-refractivity contribution in [1.29, 1.82) is 0 Å². The number of hydrogen-bond acceptors (Lipinski definition) is 3. The molecule has 1 saturated carbocycles. The van der Waals surface area contributed by atoms with Gasteiger partial charge in [0.15, 0.2) is 0 Å². The number of amides is 1. The van der Waals surface area contributed by atoms with E-state index in [0.29, 0.717) is 25.1 Å². The number of unbranched alkanes of at least 4 members (excludes halogenated alkanes) is 1. The number of carbonyl (C=O) groups is 1. The van der Waals surface area contributed by atoms with E-state index in [1.165, 1.54) is 24.3 Å². The molecule has 0 aromatic heterocycles. The van der Waals surface area contributed by atoms with E-state index >= 15 is 0 Å². The minimum absolute atomic E-state index is 0.114. The van der Waals surface area contributed by atoms with Crippen molar-refractivity contribution < 1.29 is 17.6 Å². The highest BCUT2D eigenvalue weighted by Gasteiger charge is 2.51. The van der Waals surface area contributed by atoms with Crippen LogP contribution in [0.4, 0.5) is 10.1 Å². The van der Waals surface area contributed by atoms with Crippen LogP contribution >= 0.6 is 0 Å². The van der Waals surface area contributed by atoms with Gasteiger partial charge in [0.05, 0.1) is 10.3 Å². The summed E-state index contributed by atoms with van der Waals surface area (Å²) in [5.41, 5.74) is 0.528. The lowest BCUT2D eigenvalue weighted by molar-refractivity contribution is -0.118. The van der Waals surface area contributed by atoms with E-state index in [1.807, 2.05) is 6.92 Å².